The number of hydrogen-bond donors (Lipinski definition) is 0. The smallest absolute Gasteiger partial charge is 0.417 e. The summed E-state index contributed by atoms with van der Waals surface area (Å²) in [5.41, 5.74) is -0.854. The largest absolute Gasteiger partial charge is 0.468 e. The third-order valence-electron chi connectivity index (χ3n) is 5.07. The van der Waals surface area contributed by atoms with Crippen LogP contribution in [-0.2, 0) is 33.4 Å². The van der Waals surface area contributed by atoms with Crippen molar-refractivity contribution in [2.24, 2.45) is 17.8 Å². The molecule has 1 heterocycles. The van der Waals surface area contributed by atoms with Gasteiger partial charge in [0.05, 0.1) is 13.7 Å². The maximum absolute atomic E-state index is 13.1. The highest BCUT2D eigenvalue weighted by molar-refractivity contribution is 6.02. The fourth-order valence-corrected chi connectivity index (χ4v) is 4.10. The summed E-state index contributed by atoms with van der Waals surface area (Å²) in [4.78, 5) is 61.6. The van der Waals surface area contributed by atoms with Crippen LogP contribution >= 0.6 is 0 Å². The van der Waals surface area contributed by atoms with Crippen molar-refractivity contribution in [3.05, 3.63) is 0 Å². The fourth-order valence-electron chi connectivity index (χ4n) is 4.10. The minimum Gasteiger partial charge on any atom is -0.468 e. The molecule has 4 atom stereocenters. The van der Waals surface area contributed by atoms with E-state index in [4.69, 9.17) is 9.47 Å². The highest BCUT2D eigenvalue weighted by atomic mass is 16.6. The predicted molar refractivity (Wildman–Crippen MR) is 94.8 cm³/mol. The van der Waals surface area contributed by atoms with Crippen LogP contribution in [0.1, 0.15) is 46.5 Å². The van der Waals surface area contributed by atoms with E-state index in [-0.39, 0.29) is 31.1 Å². The van der Waals surface area contributed by atoms with Crippen LogP contribution in [0.3, 0.4) is 0 Å². The van der Waals surface area contributed by atoms with Crippen LogP contribution < -0.4 is 0 Å². The lowest BCUT2D eigenvalue weighted by Crippen LogP contribution is -2.47. The van der Waals surface area contributed by atoms with Crippen LogP contribution in [0.2, 0.25) is 0 Å². The van der Waals surface area contributed by atoms with E-state index in [0.717, 1.165) is 4.90 Å². The van der Waals surface area contributed by atoms with Crippen molar-refractivity contribution in [3.63, 3.8) is 0 Å². The molecule has 1 aliphatic carbocycles. The van der Waals surface area contributed by atoms with Crippen LogP contribution in [0.5, 0.6) is 0 Å². The number of ether oxygens (including phenoxy) is 3. The van der Waals surface area contributed by atoms with Gasteiger partial charge in [0.15, 0.2) is 0 Å². The number of carbonyl (C=O) groups excluding carboxylic acids is 5. The molecule has 2 fully saturated rings. The number of amides is 2. The van der Waals surface area contributed by atoms with E-state index in [0.29, 0.717) is 19.3 Å². The van der Waals surface area contributed by atoms with E-state index in [9.17, 15) is 24.0 Å². The Morgan fingerprint density at radius 1 is 1.21 bits per heavy atom. The second-order valence-electron chi connectivity index (χ2n) is 8.16. The zero-order valence-electron chi connectivity index (χ0n) is 16.6. The lowest BCUT2D eigenvalue weighted by molar-refractivity contribution is -0.149. The lowest BCUT2D eigenvalue weighted by Gasteiger charge is -2.32. The van der Waals surface area contributed by atoms with E-state index >= 15 is 0 Å². The number of Topliss-reactive ketones (excluding diaryl/α,β-unsaturated/α-hetero) is 1. The number of nitrogens with zero attached hydrogens (tertiary/aromatic N) is 1. The van der Waals surface area contributed by atoms with Crippen molar-refractivity contribution in [2.75, 3.05) is 13.7 Å². The molecule has 0 radical (unpaired) electrons. The van der Waals surface area contributed by atoms with Gasteiger partial charge in [0.2, 0.25) is 5.91 Å². The summed E-state index contributed by atoms with van der Waals surface area (Å²) in [6, 6.07) is -1.18. The summed E-state index contributed by atoms with van der Waals surface area (Å²) in [6.07, 6.45) is 0.226. The first-order chi connectivity index (χ1) is 13.1. The minimum absolute atomic E-state index is 0.0246. The third-order valence-corrected chi connectivity index (χ3v) is 5.07. The summed E-state index contributed by atoms with van der Waals surface area (Å²) >= 11 is 0. The van der Waals surface area contributed by atoms with E-state index in [1.165, 1.54) is 7.11 Å². The topological polar surface area (TPSA) is 116 Å². The number of esters is 1. The Morgan fingerprint density at radius 3 is 2.46 bits per heavy atom. The van der Waals surface area contributed by atoms with Gasteiger partial charge in [0.25, 0.3) is 6.47 Å². The first-order valence-electron chi connectivity index (χ1n) is 9.31. The van der Waals surface area contributed by atoms with Crippen molar-refractivity contribution in [1.82, 2.24) is 4.90 Å². The summed E-state index contributed by atoms with van der Waals surface area (Å²) in [5, 5.41) is 0. The molecule has 2 rings (SSSR count). The Balaban J connectivity index is 2.31. The summed E-state index contributed by atoms with van der Waals surface area (Å²) in [7, 11) is 1.17. The number of carbonyl (C=O) groups is 5. The molecule has 9 nitrogen and oxygen atoms in total. The van der Waals surface area contributed by atoms with Crippen LogP contribution in [0.15, 0.2) is 0 Å². The maximum atomic E-state index is 13.1. The fraction of sp³-hybridized carbons (Fsp3) is 0.737. The van der Waals surface area contributed by atoms with Crippen molar-refractivity contribution >= 4 is 30.2 Å². The molecule has 1 aliphatic heterocycles. The number of ketones is 1. The molecule has 0 N–H and O–H groups in total. The minimum atomic E-state index is -1.18. The van der Waals surface area contributed by atoms with Crippen LogP contribution in [-0.4, -0.2) is 60.5 Å². The molecule has 1 saturated heterocycles. The molecule has 0 aromatic heterocycles. The Labute approximate surface area is 163 Å². The molecular weight excluding hydrogens is 370 g/mol. The molecule has 0 spiro atoms. The van der Waals surface area contributed by atoms with Gasteiger partial charge < -0.3 is 14.2 Å². The Morgan fingerprint density at radius 2 is 1.89 bits per heavy atom. The number of hydrogen-bond acceptors (Lipinski definition) is 8. The van der Waals surface area contributed by atoms with E-state index in [2.05, 4.69) is 4.74 Å². The summed E-state index contributed by atoms with van der Waals surface area (Å²) < 4.78 is 14.8. The average Bonchev–Trinajstić information content (AvgIpc) is 2.89. The molecule has 28 heavy (non-hydrogen) atoms. The molecule has 1 saturated carbocycles. The first-order valence-corrected chi connectivity index (χ1v) is 9.31. The van der Waals surface area contributed by atoms with E-state index in [1.54, 1.807) is 20.8 Å². The third kappa shape index (κ3) is 4.69. The van der Waals surface area contributed by atoms with E-state index in [1.807, 2.05) is 0 Å². The Kier molecular flexibility index (Phi) is 6.79. The number of imide groups is 1. The number of methoxy groups -OCH3 is 1. The molecule has 0 aromatic carbocycles. The molecule has 0 bridgehead atoms. The van der Waals surface area contributed by atoms with Crippen molar-refractivity contribution in [1.29, 1.82) is 0 Å². The second-order valence-corrected chi connectivity index (χ2v) is 8.16. The van der Waals surface area contributed by atoms with Gasteiger partial charge in [0, 0.05) is 24.7 Å². The number of rotatable bonds is 6. The Hall–Kier alpha value is -2.45. The SMILES string of the molecule is COC(=O)[C@@H]1[C@H]2CC(=O)C[C@H](CCCOC=O)[C@H]2C(=O)N1C(=O)OC(C)(C)C. The van der Waals surface area contributed by atoms with Crippen molar-refractivity contribution in [2.45, 2.75) is 58.1 Å². The molecule has 9 heteroatoms. The predicted octanol–water partition coefficient (Wildman–Crippen LogP) is 1.47. The molecule has 2 amide bonds. The number of likely N-dealkylation sites (tertiary alicyclic amines) is 1. The van der Waals surface area contributed by atoms with Gasteiger partial charge in [-0.05, 0) is 39.5 Å². The normalized spacial score (nSPS) is 27.2. The van der Waals surface area contributed by atoms with Crippen LogP contribution in [0.4, 0.5) is 4.79 Å². The maximum Gasteiger partial charge on any atom is 0.417 e. The molecule has 156 valence electrons. The molecule has 2 aliphatic rings. The summed E-state index contributed by atoms with van der Waals surface area (Å²) in [6.45, 7) is 5.49. The van der Waals surface area contributed by atoms with Gasteiger partial charge in [-0.2, -0.15) is 0 Å². The number of fused-ring (bicyclic) bond motifs is 1. The molecule has 0 unspecified atom stereocenters. The van der Waals surface area contributed by atoms with Gasteiger partial charge in [0.1, 0.15) is 17.4 Å². The van der Waals surface area contributed by atoms with Gasteiger partial charge in [-0.3, -0.25) is 14.4 Å². The standard InChI is InChI=1S/C19H27NO8/c1-19(2,3)28-18(25)20-15(17(24)26-4)13-9-12(22)8-11(14(13)16(20)23)6-5-7-27-10-21/h10-11,13-15H,5-9H2,1-4H3/t11-,13-,14+,15-/m0/s1. The Bertz CT molecular complexity index is 653. The highest BCUT2D eigenvalue weighted by Gasteiger charge is 2.59. The summed E-state index contributed by atoms with van der Waals surface area (Å²) in [5.74, 6) is -2.99. The molecule has 0 aromatic rings. The van der Waals surface area contributed by atoms with Crippen molar-refractivity contribution in [3.8, 4) is 0 Å². The van der Waals surface area contributed by atoms with E-state index < -0.39 is 41.4 Å². The van der Waals surface area contributed by atoms with Crippen LogP contribution in [0.25, 0.3) is 0 Å². The zero-order chi connectivity index (χ0) is 21.1. The lowest BCUT2D eigenvalue weighted by atomic mass is 9.69. The van der Waals surface area contributed by atoms with Crippen molar-refractivity contribution < 1.29 is 38.2 Å². The van der Waals surface area contributed by atoms with Gasteiger partial charge in [-0.1, -0.05) is 0 Å². The monoisotopic (exact) mass is 397 g/mol. The highest BCUT2D eigenvalue weighted by Crippen LogP contribution is 2.45. The second kappa shape index (κ2) is 8.70. The molecular formula is C19H27NO8. The van der Waals surface area contributed by atoms with Gasteiger partial charge in [-0.15, -0.1) is 0 Å². The quantitative estimate of drug-likeness (QED) is 0.286. The first kappa shape index (κ1) is 21.8. The average molecular weight is 397 g/mol. The van der Waals surface area contributed by atoms with Gasteiger partial charge >= 0.3 is 12.1 Å². The zero-order valence-corrected chi connectivity index (χ0v) is 16.6. The van der Waals surface area contributed by atoms with Crippen LogP contribution in [0, 0.1) is 17.8 Å². The van der Waals surface area contributed by atoms with Gasteiger partial charge in [-0.25, -0.2) is 14.5 Å².